The van der Waals surface area contributed by atoms with Crippen LogP contribution in [-0.4, -0.2) is 9.97 Å². The van der Waals surface area contributed by atoms with Gasteiger partial charge in [-0.2, -0.15) is 0 Å². The van der Waals surface area contributed by atoms with E-state index >= 15 is 0 Å². The van der Waals surface area contributed by atoms with Crippen LogP contribution < -0.4 is 0 Å². The summed E-state index contributed by atoms with van der Waals surface area (Å²) in [4.78, 5) is 9.43. The number of hydrogen-bond acceptors (Lipinski definition) is 2. The van der Waals surface area contributed by atoms with Crippen LogP contribution in [-0.2, 0) is 0 Å². The van der Waals surface area contributed by atoms with Crippen molar-refractivity contribution in [1.82, 2.24) is 9.97 Å². The molecule has 6 aromatic rings. The molecule has 0 radical (unpaired) electrons. The van der Waals surface area contributed by atoms with E-state index in [0.29, 0.717) is 0 Å². The highest BCUT2D eigenvalue weighted by Gasteiger charge is 2.15. The number of pyridine rings is 2. The fraction of sp³-hybridized carbons (Fsp3) is 0.143. The van der Waals surface area contributed by atoms with Crippen molar-refractivity contribution in [2.75, 3.05) is 0 Å². The highest BCUT2D eigenvalue weighted by Crippen LogP contribution is 2.39. The topological polar surface area (TPSA) is 25.8 Å². The summed E-state index contributed by atoms with van der Waals surface area (Å²) in [6, 6.07) is 28.8. The van der Waals surface area contributed by atoms with Crippen molar-refractivity contribution in [3.05, 3.63) is 119 Å². The summed E-state index contributed by atoms with van der Waals surface area (Å²) in [5, 5.41) is 3.71. The normalized spacial score (nSPS) is 11.4. The number of nitrogens with zero attached hydrogens (tertiary/aromatic N) is 2. The van der Waals surface area contributed by atoms with E-state index in [-0.39, 0.29) is 0 Å². The maximum atomic E-state index is 4.72. The molecule has 2 nitrogen and oxygen atoms in total. The molecule has 0 bridgehead atoms. The minimum atomic E-state index is 1.01. The first-order valence-corrected chi connectivity index (χ1v) is 12.8. The maximum Gasteiger partial charge on any atom is 0.0714 e. The molecule has 0 saturated carbocycles. The van der Waals surface area contributed by atoms with E-state index in [1.165, 1.54) is 66.2 Å². The number of hydrogen-bond donors (Lipinski definition) is 0. The number of benzene rings is 4. The lowest BCUT2D eigenvalue weighted by Crippen LogP contribution is -1.93. The first-order valence-electron chi connectivity index (χ1n) is 12.8. The van der Waals surface area contributed by atoms with Gasteiger partial charge >= 0.3 is 0 Å². The lowest BCUT2D eigenvalue weighted by atomic mass is 9.88. The standard InChI is InChI=1S/C35H30N2/c1-21-11-12-28-29-10-7-13-36-35(29)19-33(32(28)14-21)31-18-30(23(3)15-24(31)4)26-8-6-9-27(17-26)34-16-22(2)25(5)20-37-34/h6-20H,1-5H3. The van der Waals surface area contributed by atoms with Gasteiger partial charge in [-0.15, -0.1) is 0 Å². The van der Waals surface area contributed by atoms with E-state index in [1.807, 2.05) is 18.5 Å². The van der Waals surface area contributed by atoms with Crippen LogP contribution in [0.25, 0.3) is 55.2 Å². The zero-order valence-electron chi connectivity index (χ0n) is 22.1. The second-order valence-corrected chi connectivity index (χ2v) is 10.3. The minimum absolute atomic E-state index is 1.01. The molecule has 0 aliphatic rings. The Morgan fingerprint density at radius 2 is 1.30 bits per heavy atom. The van der Waals surface area contributed by atoms with Crippen LogP contribution in [0.1, 0.15) is 27.8 Å². The van der Waals surface area contributed by atoms with E-state index < -0.39 is 0 Å². The van der Waals surface area contributed by atoms with Crippen LogP contribution in [0.3, 0.4) is 0 Å². The molecule has 4 aromatic carbocycles. The molecule has 0 fully saturated rings. The fourth-order valence-electron chi connectivity index (χ4n) is 5.40. The molecular weight excluding hydrogens is 448 g/mol. The van der Waals surface area contributed by atoms with Gasteiger partial charge in [-0.25, -0.2) is 0 Å². The van der Waals surface area contributed by atoms with Gasteiger partial charge in [-0.1, -0.05) is 54.1 Å². The monoisotopic (exact) mass is 478 g/mol. The molecule has 0 aliphatic heterocycles. The summed E-state index contributed by atoms with van der Waals surface area (Å²) < 4.78 is 0. The second-order valence-electron chi connectivity index (χ2n) is 10.3. The average molecular weight is 479 g/mol. The van der Waals surface area contributed by atoms with Crippen molar-refractivity contribution in [2.24, 2.45) is 0 Å². The summed E-state index contributed by atoms with van der Waals surface area (Å²) in [6.07, 6.45) is 3.85. The molecule has 0 amide bonds. The number of rotatable bonds is 3. The van der Waals surface area contributed by atoms with Gasteiger partial charge in [-0.3, -0.25) is 9.97 Å². The molecule has 2 heteroatoms. The average Bonchev–Trinajstić information content (AvgIpc) is 2.90. The van der Waals surface area contributed by atoms with Gasteiger partial charge in [0.1, 0.15) is 0 Å². The van der Waals surface area contributed by atoms with Gasteiger partial charge in [0, 0.05) is 23.3 Å². The predicted octanol–water partition coefficient (Wildman–Crippen LogP) is 9.33. The second kappa shape index (κ2) is 8.97. The van der Waals surface area contributed by atoms with Crippen molar-refractivity contribution < 1.29 is 0 Å². The molecule has 0 saturated heterocycles. The zero-order chi connectivity index (χ0) is 25.7. The SMILES string of the molecule is Cc1ccc2c(c1)c(-c1cc(-c3cccc(-c4cc(C)c(C)cn4)c3)c(C)cc1C)cc1ncccc12. The molecule has 0 N–H and O–H groups in total. The predicted molar refractivity (Wildman–Crippen MR) is 157 cm³/mol. The van der Waals surface area contributed by atoms with Crippen LogP contribution in [0.15, 0.2) is 91.3 Å². The van der Waals surface area contributed by atoms with Gasteiger partial charge in [0.15, 0.2) is 0 Å². The molecule has 0 unspecified atom stereocenters. The molecule has 0 atom stereocenters. The third kappa shape index (κ3) is 4.09. The van der Waals surface area contributed by atoms with Crippen LogP contribution in [0.5, 0.6) is 0 Å². The third-order valence-electron chi connectivity index (χ3n) is 7.58. The Labute approximate surface area is 218 Å². The lowest BCUT2D eigenvalue weighted by molar-refractivity contribution is 1.22. The van der Waals surface area contributed by atoms with E-state index in [1.54, 1.807) is 0 Å². The summed E-state index contributed by atoms with van der Waals surface area (Å²) in [5.74, 6) is 0. The molecule has 180 valence electrons. The van der Waals surface area contributed by atoms with E-state index in [4.69, 9.17) is 9.97 Å². The minimum Gasteiger partial charge on any atom is -0.256 e. The molecule has 6 rings (SSSR count). The van der Waals surface area contributed by atoms with Crippen LogP contribution in [0.2, 0.25) is 0 Å². The summed E-state index contributed by atoms with van der Waals surface area (Å²) >= 11 is 0. The largest absolute Gasteiger partial charge is 0.256 e. The Bertz CT molecular complexity index is 1830. The Balaban J connectivity index is 1.56. The summed E-state index contributed by atoms with van der Waals surface area (Å²) in [7, 11) is 0. The van der Waals surface area contributed by atoms with Crippen molar-refractivity contribution in [3.8, 4) is 33.5 Å². The number of fused-ring (bicyclic) bond motifs is 3. The van der Waals surface area contributed by atoms with Gasteiger partial charge in [0.2, 0.25) is 0 Å². The van der Waals surface area contributed by atoms with Gasteiger partial charge in [0.05, 0.1) is 11.2 Å². The van der Waals surface area contributed by atoms with E-state index in [0.717, 1.165) is 16.8 Å². The van der Waals surface area contributed by atoms with E-state index in [9.17, 15) is 0 Å². The molecule has 37 heavy (non-hydrogen) atoms. The highest BCUT2D eigenvalue weighted by molar-refractivity contribution is 6.13. The molecule has 0 spiro atoms. The lowest BCUT2D eigenvalue weighted by Gasteiger charge is -2.17. The van der Waals surface area contributed by atoms with Gasteiger partial charge in [0.25, 0.3) is 0 Å². The van der Waals surface area contributed by atoms with Crippen molar-refractivity contribution in [1.29, 1.82) is 0 Å². The Morgan fingerprint density at radius 1 is 0.486 bits per heavy atom. The zero-order valence-corrected chi connectivity index (χ0v) is 22.1. The van der Waals surface area contributed by atoms with Crippen molar-refractivity contribution >= 4 is 21.7 Å². The van der Waals surface area contributed by atoms with Gasteiger partial charge < -0.3 is 0 Å². The number of aryl methyl sites for hydroxylation is 5. The summed E-state index contributed by atoms with van der Waals surface area (Å²) in [6.45, 7) is 10.8. The first kappa shape index (κ1) is 23.1. The molecular formula is C35H30N2. The highest BCUT2D eigenvalue weighted by atomic mass is 14.7. The summed E-state index contributed by atoms with van der Waals surface area (Å²) in [5.41, 5.74) is 14.4. The quantitative estimate of drug-likeness (QED) is 0.237. The number of aromatic nitrogens is 2. The van der Waals surface area contributed by atoms with Crippen molar-refractivity contribution in [3.63, 3.8) is 0 Å². The smallest absolute Gasteiger partial charge is 0.0714 e. The van der Waals surface area contributed by atoms with E-state index in [2.05, 4.69) is 107 Å². The molecule has 0 aliphatic carbocycles. The van der Waals surface area contributed by atoms with Crippen molar-refractivity contribution in [2.45, 2.75) is 34.6 Å². The maximum absolute atomic E-state index is 4.72. The molecule has 2 aromatic heterocycles. The Kier molecular flexibility index (Phi) is 5.61. The Hall–Kier alpha value is -4.30. The third-order valence-corrected chi connectivity index (χ3v) is 7.58. The Morgan fingerprint density at radius 3 is 2.14 bits per heavy atom. The van der Waals surface area contributed by atoms with Gasteiger partial charge in [-0.05, 0) is 120 Å². The van der Waals surface area contributed by atoms with Crippen LogP contribution in [0.4, 0.5) is 0 Å². The van der Waals surface area contributed by atoms with Crippen LogP contribution >= 0.6 is 0 Å². The van der Waals surface area contributed by atoms with Crippen LogP contribution in [0, 0.1) is 34.6 Å². The fourth-order valence-corrected chi connectivity index (χ4v) is 5.40. The first-order chi connectivity index (χ1) is 17.9. The molecule has 2 heterocycles.